The van der Waals surface area contributed by atoms with E-state index in [0.717, 1.165) is 25.7 Å². The highest BCUT2D eigenvalue weighted by molar-refractivity contribution is 7.86. The summed E-state index contributed by atoms with van der Waals surface area (Å²) in [6.45, 7) is 4.04. The number of rotatable bonds is 3. The lowest BCUT2D eigenvalue weighted by Gasteiger charge is -2.25. The number of carbonyl (C=O) groups excluding carboxylic acids is 1. The Bertz CT molecular complexity index is 326. The molecule has 0 aromatic heterocycles. The summed E-state index contributed by atoms with van der Waals surface area (Å²) in [5.41, 5.74) is 1.20. The van der Waals surface area contributed by atoms with Gasteiger partial charge in [-0.05, 0) is 39.5 Å². The van der Waals surface area contributed by atoms with E-state index in [9.17, 15) is 9.00 Å². The van der Waals surface area contributed by atoms with Crippen LogP contribution in [0.3, 0.4) is 0 Å². The Morgan fingerprint density at radius 3 is 2.31 bits per heavy atom. The molecule has 0 aliphatic carbocycles. The summed E-state index contributed by atoms with van der Waals surface area (Å²) in [4.78, 5) is 12.0. The van der Waals surface area contributed by atoms with Crippen LogP contribution in [0, 0.1) is 5.92 Å². The molecule has 0 saturated carbocycles. The SMILES string of the molecule is CC(C)=CCC(=O)C1CC2CCC(C1)S2=O. The largest absolute Gasteiger partial charge is 0.299 e. The predicted molar refractivity (Wildman–Crippen MR) is 66.7 cm³/mol. The van der Waals surface area contributed by atoms with E-state index in [4.69, 9.17) is 0 Å². The standard InChI is InChI=1S/C13H20O2S/c1-9(2)3-6-13(14)10-7-11-4-5-12(8-10)16(11)15/h3,10-12H,4-8H2,1-2H3. The topological polar surface area (TPSA) is 34.1 Å². The molecule has 2 nitrogen and oxygen atoms in total. The summed E-state index contributed by atoms with van der Waals surface area (Å²) < 4.78 is 11.8. The van der Waals surface area contributed by atoms with Gasteiger partial charge in [0.1, 0.15) is 5.78 Å². The van der Waals surface area contributed by atoms with Crippen LogP contribution in [-0.2, 0) is 15.6 Å². The maximum absolute atomic E-state index is 12.0. The highest BCUT2D eigenvalue weighted by Gasteiger charge is 2.42. The van der Waals surface area contributed by atoms with Crippen LogP contribution in [0.15, 0.2) is 11.6 Å². The number of carbonyl (C=O) groups is 1. The molecule has 0 radical (unpaired) electrons. The molecule has 0 aromatic carbocycles. The summed E-state index contributed by atoms with van der Waals surface area (Å²) in [6, 6.07) is 0. The summed E-state index contributed by atoms with van der Waals surface area (Å²) in [5, 5.41) is 0.638. The molecule has 16 heavy (non-hydrogen) atoms. The zero-order chi connectivity index (χ0) is 11.7. The number of allylic oxidation sites excluding steroid dienone is 2. The van der Waals surface area contributed by atoms with Gasteiger partial charge in [0.25, 0.3) is 0 Å². The van der Waals surface area contributed by atoms with Crippen molar-refractivity contribution in [2.45, 2.75) is 56.5 Å². The third-order valence-corrected chi connectivity index (χ3v) is 5.90. The molecule has 2 aliphatic rings. The summed E-state index contributed by atoms with van der Waals surface area (Å²) in [6.07, 6.45) is 6.47. The van der Waals surface area contributed by atoms with Crippen LogP contribution < -0.4 is 0 Å². The summed E-state index contributed by atoms with van der Waals surface area (Å²) >= 11 is 0. The van der Waals surface area contributed by atoms with Crippen LogP contribution in [-0.4, -0.2) is 20.5 Å². The van der Waals surface area contributed by atoms with Gasteiger partial charge in [0.15, 0.2) is 0 Å². The van der Waals surface area contributed by atoms with Gasteiger partial charge in [0.05, 0.1) is 0 Å². The molecule has 2 rings (SSSR count). The van der Waals surface area contributed by atoms with Gasteiger partial charge in [-0.25, -0.2) is 0 Å². The number of hydrogen-bond acceptors (Lipinski definition) is 2. The number of fused-ring (bicyclic) bond motifs is 2. The van der Waals surface area contributed by atoms with E-state index >= 15 is 0 Å². The molecule has 2 aliphatic heterocycles. The highest BCUT2D eigenvalue weighted by atomic mass is 32.2. The van der Waals surface area contributed by atoms with Crippen molar-refractivity contribution in [3.8, 4) is 0 Å². The fourth-order valence-electron chi connectivity index (χ4n) is 2.77. The molecular weight excluding hydrogens is 220 g/mol. The van der Waals surface area contributed by atoms with Crippen molar-refractivity contribution < 1.29 is 9.00 Å². The van der Waals surface area contributed by atoms with E-state index in [1.54, 1.807) is 0 Å². The van der Waals surface area contributed by atoms with Crippen LogP contribution in [0.2, 0.25) is 0 Å². The number of hydrogen-bond donors (Lipinski definition) is 0. The van der Waals surface area contributed by atoms with Crippen LogP contribution in [0.25, 0.3) is 0 Å². The van der Waals surface area contributed by atoms with Crippen molar-refractivity contribution in [2.75, 3.05) is 0 Å². The molecule has 0 spiro atoms. The van der Waals surface area contributed by atoms with Crippen LogP contribution in [0.4, 0.5) is 0 Å². The molecular formula is C13H20O2S. The molecule has 0 amide bonds. The first kappa shape index (κ1) is 12.0. The lowest BCUT2D eigenvalue weighted by atomic mass is 9.92. The van der Waals surface area contributed by atoms with Gasteiger partial charge in [-0.3, -0.25) is 9.00 Å². The van der Waals surface area contributed by atoms with E-state index in [-0.39, 0.29) is 5.92 Å². The molecule has 90 valence electrons. The normalized spacial score (nSPS) is 37.1. The number of Topliss-reactive ketones (excluding diaryl/α,β-unsaturated/α-hetero) is 1. The monoisotopic (exact) mass is 240 g/mol. The quantitative estimate of drug-likeness (QED) is 0.711. The minimum Gasteiger partial charge on any atom is -0.299 e. The molecule has 3 heteroatoms. The van der Waals surface area contributed by atoms with E-state index in [1.165, 1.54) is 5.57 Å². The van der Waals surface area contributed by atoms with E-state index in [1.807, 2.05) is 19.9 Å². The van der Waals surface area contributed by atoms with Gasteiger partial charge in [-0.1, -0.05) is 11.6 Å². The van der Waals surface area contributed by atoms with Crippen molar-refractivity contribution in [1.82, 2.24) is 0 Å². The molecule has 0 aromatic rings. The van der Waals surface area contributed by atoms with Crippen molar-refractivity contribution in [3.63, 3.8) is 0 Å². The van der Waals surface area contributed by atoms with Gasteiger partial charge < -0.3 is 0 Å². The molecule has 2 fully saturated rings. The Kier molecular flexibility index (Phi) is 3.63. The van der Waals surface area contributed by atoms with E-state index in [0.29, 0.717) is 22.7 Å². The third-order valence-electron chi connectivity index (χ3n) is 3.73. The van der Waals surface area contributed by atoms with E-state index in [2.05, 4.69) is 0 Å². The Balaban J connectivity index is 1.95. The van der Waals surface area contributed by atoms with Gasteiger partial charge >= 0.3 is 0 Å². The van der Waals surface area contributed by atoms with E-state index < -0.39 is 10.8 Å². The van der Waals surface area contributed by atoms with Gasteiger partial charge in [-0.2, -0.15) is 0 Å². The molecule has 2 saturated heterocycles. The fraction of sp³-hybridized carbons (Fsp3) is 0.769. The maximum Gasteiger partial charge on any atom is 0.139 e. The molecule has 2 bridgehead atoms. The second-order valence-corrected chi connectivity index (χ2v) is 7.26. The average Bonchev–Trinajstić information content (AvgIpc) is 2.50. The van der Waals surface area contributed by atoms with Crippen molar-refractivity contribution in [2.24, 2.45) is 5.92 Å². The Hall–Kier alpha value is -0.440. The second-order valence-electron chi connectivity index (χ2n) is 5.27. The minimum absolute atomic E-state index is 0.186. The first-order chi connectivity index (χ1) is 7.58. The Labute approximate surface area is 100.0 Å². The van der Waals surface area contributed by atoms with Crippen LogP contribution in [0.1, 0.15) is 46.0 Å². The maximum atomic E-state index is 12.0. The molecule has 0 N–H and O–H groups in total. The van der Waals surface area contributed by atoms with Crippen molar-refractivity contribution in [1.29, 1.82) is 0 Å². The van der Waals surface area contributed by atoms with Gasteiger partial charge in [0, 0.05) is 33.6 Å². The zero-order valence-electron chi connectivity index (χ0n) is 10.1. The molecule has 2 atom stereocenters. The fourth-order valence-corrected chi connectivity index (χ4v) is 4.89. The summed E-state index contributed by atoms with van der Waals surface area (Å²) in [7, 11) is -0.636. The lowest BCUT2D eigenvalue weighted by Crippen LogP contribution is -2.32. The summed E-state index contributed by atoms with van der Waals surface area (Å²) in [5.74, 6) is 0.542. The number of ketones is 1. The molecule has 2 unspecified atom stereocenters. The predicted octanol–water partition coefficient (Wildman–Crippen LogP) is 2.60. The smallest absolute Gasteiger partial charge is 0.139 e. The van der Waals surface area contributed by atoms with Crippen LogP contribution in [0.5, 0.6) is 0 Å². The first-order valence-corrected chi connectivity index (χ1v) is 7.41. The van der Waals surface area contributed by atoms with Gasteiger partial charge in [0.2, 0.25) is 0 Å². The van der Waals surface area contributed by atoms with Gasteiger partial charge in [-0.15, -0.1) is 0 Å². The Morgan fingerprint density at radius 1 is 1.25 bits per heavy atom. The minimum atomic E-state index is -0.636. The first-order valence-electron chi connectivity index (χ1n) is 6.13. The zero-order valence-corrected chi connectivity index (χ0v) is 10.9. The van der Waals surface area contributed by atoms with Crippen molar-refractivity contribution in [3.05, 3.63) is 11.6 Å². The van der Waals surface area contributed by atoms with Crippen LogP contribution >= 0.6 is 0 Å². The second kappa shape index (κ2) is 4.82. The Morgan fingerprint density at radius 2 is 1.81 bits per heavy atom. The molecule has 2 heterocycles. The average molecular weight is 240 g/mol. The third kappa shape index (κ3) is 2.45. The highest BCUT2D eigenvalue weighted by Crippen LogP contribution is 2.39. The lowest BCUT2D eigenvalue weighted by molar-refractivity contribution is -0.122. The van der Waals surface area contributed by atoms with Crippen molar-refractivity contribution >= 4 is 16.6 Å².